The quantitative estimate of drug-likeness (QED) is 0.241. The van der Waals surface area contributed by atoms with Crippen LogP contribution in [0.5, 0.6) is 0 Å². The fourth-order valence-electron chi connectivity index (χ4n) is 4.43. The standard InChI is InChI=1S/C27H29ClN6S/c1-2-17-13-19(18-7-12-25(30-15-18)34-35-24-6-4-3-5-23(24)28)14-20-16-31-27(33-26(17)20)32-22-10-8-21(29)9-11-22/h3-7,12-16,21-22H,2,8-11,29H2,1H3,(H,30,34)(H,31,32,33). The maximum Gasteiger partial charge on any atom is 0.223 e. The van der Waals surface area contributed by atoms with Gasteiger partial charge in [-0.2, -0.15) is 0 Å². The Morgan fingerprint density at radius 3 is 2.57 bits per heavy atom. The van der Waals surface area contributed by atoms with E-state index in [4.69, 9.17) is 22.3 Å². The van der Waals surface area contributed by atoms with Crippen molar-refractivity contribution >= 4 is 46.2 Å². The molecule has 6 nitrogen and oxygen atoms in total. The van der Waals surface area contributed by atoms with Crippen molar-refractivity contribution in [1.82, 2.24) is 15.0 Å². The van der Waals surface area contributed by atoms with Crippen LogP contribution >= 0.6 is 23.5 Å². The zero-order valence-corrected chi connectivity index (χ0v) is 21.2. The van der Waals surface area contributed by atoms with Crippen molar-refractivity contribution in [3.05, 3.63) is 71.5 Å². The number of nitrogens with one attached hydrogen (secondary N) is 2. The largest absolute Gasteiger partial charge is 0.351 e. The molecule has 0 saturated heterocycles. The number of aryl methyl sites for hydroxylation is 1. The number of anilines is 2. The van der Waals surface area contributed by atoms with Gasteiger partial charge in [-0.3, -0.25) is 0 Å². The summed E-state index contributed by atoms with van der Waals surface area (Å²) in [5.41, 5.74) is 10.4. The molecule has 0 radical (unpaired) electrons. The Bertz CT molecular complexity index is 1310. The number of aromatic nitrogens is 3. The van der Waals surface area contributed by atoms with Gasteiger partial charge in [0.1, 0.15) is 5.82 Å². The van der Waals surface area contributed by atoms with E-state index >= 15 is 0 Å². The highest BCUT2D eigenvalue weighted by molar-refractivity contribution is 8.00. The van der Waals surface area contributed by atoms with Crippen molar-refractivity contribution in [3.63, 3.8) is 0 Å². The molecule has 35 heavy (non-hydrogen) atoms. The first kappa shape index (κ1) is 23.9. The molecule has 1 fully saturated rings. The molecular formula is C27H29ClN6S. The SMILES string of the molecule is CCc1cc(-c2ccc(NSc3ccccc3Cl)nc2)cc2cnc(NC3CCC(N)CC3)nc12. The molecule has 0 unspecified atom stereocenters. The smallest absolute Gasteiger partial charge is 0.223 e. The van der Waals surface area contributed by atoms with E-state index in [9.17, 15) is 0 Å². The van der Waals surface area contributed by atoms with Gasteiger partial charge in [-0.1, -0.05) is 30.7 Å². The summed E-state index contributed by atoms with van der Waals surface area (Å²) in [7, 11) is 0. The van der Waals surface area contributed by atoms with Crippen LogP contribution in [0.1, 0.15) is 38.2 Å². The minimum Gasteiger partial charge on any atom is -0.351 e. The first-order chi connectivity index (χ1) is 17.1. The number of rotatable bonds is 7. The van der Waals surface area contributed by atoms with E-state index in [0.29, 0.717) is 23.1 Å². The molecule has 180 valence electrons. The first-order valence-electron chi connectivity index (χ1n) is 12.0. The van der Waals surface area contributed by atoms with Gasteiger partial charge in [0.2, 0.25) is 5.95 Å². The van der Waals surface area contributed by atoms with E-state index in [2.05, 4.69) is 45.1 Å². The Morgan fingerprint density at radius 1 is 1.00 bits per heavy atom. The third kappa shape index (κ3) is 5.69. The molecule has 1 saturated carbocycles. The molecule has 2 heterocycles. The fraction of sp³-hybridized carbons (Fsp3) is 0.296. The van der Waals surface area contributed by atoms with Gasteiger partial charge in [-0.25, -0.2) is 15.0 Å². The third-order valence-electron chi connectivity index (χ3n) is 6.45. The molecule has 0 atom stereocenters. The van der Waals surface area contributed by atoms with Gasteiger partial charge in [0, 0.05) is 40.3 Å². The van der Waals surface area contributed by atoms with Crippen LogP contribution in [-0.2, 0) is 6.42 Å². The summed E-state index contributed by atoms with van der Waals surface area (Å²) >= 11 is 7.69. The van der Waals surface area contributed by atoms with Crippen molar-refractivity contribution in [1.29, 1.82) is 0 Å². The number of nitrogens with zero attached hydrogens (tertiary/aromatic N) is 3. The van der Waals surface area contributed by atoms with Crippen LogP contribution in [0.25, 0.3) is 22.0 Å². The molecule has 2 aromatic carbocycles. The lowest BCUT2D eigenvalue weighted by molar-refractivity contribution is 0.410. The van der Waals surface area contributed by atoms with E-state index in [1.807, 2.05) is 42.7 Å². The third-order valence-corrected chi connectivity index (χ3v) is 7.78. The minimum absolute atomic E-state index is 0.330. The molecule has 0 aliphatic heterocycles. The average molecular weight is 505 g/mol. The van der Waals surface area contributed by atoms with Crippen molar-refractivity contribution in [2.45, 2.75) is 56.0 Å². The summed E-state index contributed by atoms with van der Waals surface area (Å²) in [4.78, 5) is 15.0. The second-order valence-corrected chi connectivity index (χ2v) is 10.2. The van der Waals surface area contributed by atoms with Crippen LogP contribution in [0.2, 0.25) is 5.02 Å². The molecule has 4 N–H and O–H groups in total. The fourth-order valence-corrected chi connectivity index (χ4v) is 5.33. The second kappa shape index (κ2) is 10.8. The van der Waals surface area contributed by atoms with E-state index in [1.165, 1.54) is 17.5 Å². The monoisotopic (exact) mass is 504 g/mol. The van der Waals surface area contributed by atoms with E-state index in [1.54, 1.807) is 0 Å². The average Bonchev–Trinajstić information content (AvgIpc) is 2.89. The predicted molar refractivity (Wildman–Crippen MR) is 147 cm³/mol. The number of hydrogen-bond acceptors (Lipinski definition) is 7. The number of benzene rings is 2. The highest BCUT2D eigenvalue weighted by Crippen LogP contribution is 2.30. The second-order valence-electron chi connectivity index (χ2n) is 8.94. The molecule has 0 spiro atoms. The Balaban J connectivity index is 1.33. The lowest BCUT2D eigenvalue weighted by atomic mass is 9.92. The zero-order valence-electron chi connectivity index (χ0n) is 19.7. The first-order valence-corrected chi connectivity index (χ1v) is 13.2. The summed E-state index contributed by atoms with van der Waals surface area (Å²) in [6.07, 6.45) is 8.94. The van der Waals surface area contributed by atoms with Gasteiger partial charge in [0.15, 0.2) is 0 Å². The zero-order chi connectivity index (χ0) is 24.2. The van der Waals surface area contributed by atoms with Gasteiger partial charge >= 0.3 is 0 Å². The molecule has 0 bridgehead atoms. The Morgan fingerprint density at radius 2 is 1.83 bits per heavy atom. The Kier molecular flexibility index (Phi) is 7.37. The molecule has 1 aliphatic carbocycles. The highest BCUT2D eigenvalue weighted by Gasteiger charge is 2.19. The van der Waals surface area contributed by atoms with Crippen molar-refractivity contribution in [2.75, 3.05) is 10.0 Å². The molecule has 8 heteroatoms. The van der Waals surface area contributed by atoms with Gasteiger partial charge < -0.3 is 15.8 Å². The summed E-state index contributed by atoms with van der Waals surface area (Å²) in [6, 6.07) is 16.9. The van der Waals surface area contributed by atoms with Crippen molar-refractivity contribution in [3.8, 4) is 11.1 Å². The van der Waals surface area contributed by atoms with Gasteiger partial charge in [-0.05, 0) is 91.6 Å². The van der Waals surface area contributed by atoms with E-state index in [-0.39, 0.29) is 0 Å². The van der Waals surface area contributed by atoms with E-state index in [0.717, 1.165) is 64.8 Å². The Hall–Kier alpha value is -2.87. The van der Waals surface area contributed by atoms with Crippen molar-refractivity contribution < 1.29 is 0 Å². The Labute approximate surface area is 215 Å². The summed E-state index contributed by atoms with van der Waals surface area (Å²) < 4.78 is 3.26. The van der Waals surface area contributed by atoms with Gasteiger partial charge in [0.05, 0.1) is 10.5 Å². The minimum atomic E-state index is 0.330. The number of hydrogen-bond donors (Lipinski definition) is 3. The number of pyridine rings is 1. The number of fused-ring (bicyclic) bond motifs is 1. The van der Waals surface area contributed by atoms with E-state index < -0.39 is 0 Å². The summed E-state index contributed by atoms with van der Waals surface area (Å²) in [5.74, 6) is 1.48. The predicted octanol–water partition coefficient (Wildman–Crippen LogP) is 6.71. The van der Waals surface area contributed by atoms with Crippen molar-refractivity contribution in [2.24, 2.45) is 5.73 Å². The maximum absolute atomic E-state index is 6.24. The lowest BCUT2D eigenvalue weighted by Gasteiger charge is -2.26. The lowest BCUT2D eigenvalue weighted by Crippen LogP contribution is -2.33. The van der Waals surface area contributed by atoms with Crippen LogP contribution < -0.4 is 15.8 Å². The molecular weight excluding hydrogens is 476 g/mol. The maximum atomic E-state index is 6.24. The summed E-state index contributed by atoms with van der Waals surface area (Å²) in [5, 5.41) is 5.27. The van der Waals surface area contributed by atoms with Crippen LogP contribution in [-0.4, -0.2) is 27.0 Å². The molecule has 2 aromatic heterocycles. The topological polar surface area (TPSA) is 88.8 Å². The normalized spacial score (nSPS) is 17.9. The van der Waals surface area contributed by atoms with Crippen LogP contribution in [0.15, 0.2) is 65.8 Å². The van der Waals surface area contributed by atoms with Gasteiger partial charge in [-0.15, -0.1) is 0 Å². The molecule has 4 aromatic rings. The highest BCUT2D eigenvalue weighted by atomic mass is 35.5. The molecule has 1 aliphatic rings. The van der Waals surface area contributed by atoms with Crippen LogP contribution in [0.4, 0.5) is 11.8 Å². The van der Waals surface area contributed by atoms with Crippen LogP contribution in [0.3, 0.4) is 0 Å². The molecule has 0 amide bonds. The molecule has 5 rings (SSSR count). The summed E-state index contributed by atoms with van der Waals surface area (Å²) in [6.45, 7) is 2.16. The van der Waals surface area contributed by atoms with Gasteiger partial charge in [0.25, 0.3) is 0 Å². The van der Waals surface area contributed by atoms with Crippen LogP contribution in [0, 0.1) is 0 Å². The number of nitrogens with two attached hydrogens (primary N) is 1. The number of halogens is 1.